The monoisotopic (exact) mass is 555 g/mol. The fourth-order valence-electron chi connectivity index (χ4n) is 3.21. The number of thiazole rings is 1. The average Bonchev–Trinajstić information content (AvgIpc) is 3.15. The molecule has 0 atom stereocenters. The van der Waals surface area contributed by atoms with E-state index in [0.717, 1.165) is 14.7 Å². The van der Waals surface area contributed by atoms with E-state index in [4.69, 9.17) is 11.2 Å². The zero-order valence-corrected chi connectivity index (χ0v) is 21.1. The zero-order valence-electron chi connectivity index (χ0n) is 17.9. The lowest BCUT2D eigenvalue weighted by Crippen LogP contribution is -2.17. The number of sulfonamides is 1. The Hall–Kier alpha value is -3.39. The van der Waals surface area contributed by atoms with Crippen LogP contribution in [0.4, 0.5) is 5.69 Å². The van der Waals surface area contributed by atoms with Gasteiger partial charge in [-0.3, -0.25) is 9.52 Å². The highest BCUT2D eigenvalue weighted by molar-refractivity contribution is 9.10. The maximum absolute atomic E-state index is 12.9. The third-order valence-electron chi connectivity index (χ3n) is 4.82. The molecule has 0 saturated heterocycles. The number of nitrogens with zero attached hydrogens (tertiary/aromatic N) is 2. The van der Waals surface area contributed by atoms with Crippen LogP contribution in [0.25, 0.3) is 10.2 Å². The summed E-state index contributed by atoms with van der Waals surface area (Å²) in [5, 5.41) is 0. The summed E-state index contributed by atoms with van der Waals surface area (Å²) < 4.78 is 36.6. The van der Waals surface area contributed by atoms with Gasteiger partial charge in [0, 0.05) is 15.7 Å². The molecular weight excluding hydrogens is 538 g/mol. The molecule has 1 heterocycles. The summed E-state index contributed by atoms with van der Waals surface area (Å²) in [5.74, 6) is 2.62. The number of carbonyl (C=O) groups is 1. The van der Waals surface area contributed by atoms with Gasteiger partial charge >= 0.3 is 0 Å². The van der Waals surface area contributed by atoms with Gasteiger partial charge in [-0.2, -0.15) is 4.99 Å². The van der Waals surface area contributed by atoms with Crippen molar-refractivity contribution in [1.82, 2.24) is 4.57 Å². The molecule has 0 radical (unpaired) electrons. The number of rotatable bonds is 6. The Morgan fingerprint density at radius 2 is 1.94 bits per heavy atom. The smallest absolute Gasteiger partial charge is 0.279 e. The summed E-state index contributed by atoms with van der Waals surface area (Å²) in [4.78, 5) is 17.7. The van der Waals surface area contributed by atoms with Gasteiger partial charge in [0.05, 0.1) is 28.8 Å². The fraction of sp³-hybridized carbons (Fsp3) is 0.0833. The van der Waals surface area contributed by atoms with Crippen LogP contribution < -0.4 is 14.3 Å². The van der Waals surface area contributed by atoms with Crippen LogP contribution in [0, 0.1) is 12.3 Å². The Balaban J connectivity index is 1.65. The summed E-state index contributed by atoms with van der Waals surface area (Å²) in [6.45, 7) is 0.259. The molecule has 1 amide bonds. The van der Waals surface area contributed by atoms with Crippen LogP contribution in [0.1, 0.15) is 10.4 Å². The van der Waals surface area contributed by atoms with Gasteiger partial charge < -0.3 is 9.30 Å². The zero-order chi connectivity index (χ0) is 24.3. The van der Waals surface area contributed by atoms with Crippen molar-refractivity contribution in [3.8, 4) is 18.1 Å². The lowest BCUT2D eigenvalue weighted by atomic mass is 10.2. The van der Waals surface area contributed by atoms with Crippen molar-refractivity contribution in [2.45, 2.75) is 11.4 Å². The summed E-state index contributed by atoms with van der Waals surface area (Å²) in [5.41, 5.74) is 1.35. The van der Waals surface area contributed by atoms with Gasteiger partial charge in [-0.15, -0.1) is 6.42 Å². The van der Waals surface area contributed by atoms with E-state index in [1.165, 1.54) is 36.6 Å². The van der Waals surface area contributed by atoms with Crippen molar-refractivity contribution < 1.29 is 17.9 Å². The van der Waals surface area contributed by atoms with Crippen LogP contribution in [-0.2, 0) is 16.6 Å². The van der Waals surface area contributed by atoms with Crippen LogP contribution in [0.2, 0.25) is 0 Å². The van der Waals surface area contributed by atoms with E-state index in [1.54, 1.807) is 34.9 Å². The number of methoxy groups -OCH3 is 1. The Labute approximate surface area is 208 Å². The minimum atomic E-state index is -3.85. The van der Waals surface area contributed by atoms with Crippen molar-refractivity contribution >= 4 is 59.1 Å². The van der Waals surface area contributed by atoms with E-state index in [1.807, 2.05) is 18.2 Å². The highest BCUT2D eigenvalue weighted by Gasteiger charge is 2.16. The highest BCUT2D eigenvalue weighted by Crippen LogP contribution is 2.23. The summed E-state index contributed by atoms with van der Waals surface area (Å²) >= 11 is 4.79. The molecule has 0 aliphatic heterocycles. The number of amides is 1. The number of terminal acetylenes is 1. The van der Waals surface area contributed by atoms with Gasteiger partial charge in [0.1, 0.15) is 5.75 Å². The van der Waals surface area contributed by atoms with Gasteiger partial charge in [-0.25, -0.2) is 8.42 Å². The normalized spacial score (nSPS) is 11.9. The SMILES string of the molecule is C#CCn1c(=NC(=O)c2cccc(NS(=O)(=O)c3ccc(OC)cc3)c2)sc2cc(Br)ccc21. The van der Waals surface area contributed by atoms with Crippen LogP contribution >= 0.6 is 27.3 Å². The first-order valence-corrected chi connectivity index (χ1v) is 13.0. The molecule has 0 aliphatic carbocycles. The molecule has 4 rings (SSSR count). The lowest BCUT2D eigenvalue weighted by Gasteiger charge is -2.09. The maximum Gasteiger partial charge on any atom is 0.279 e. The molecule has 34 heavy (non-hydrogen) atoms. The van der Waals surface area contributed by atoms with Gasteiger partial charge in [0.25, 0.3) is 15.9 Å². The maximum atomic E-state index is 12.9. The number of halogens is 1. The molecule has 0 fully saturated rings. The number of hydrogen-bond donors (Lipinski definition) is 1. The van der Waals surface area contributed by atoms with Gasteiger partial charge in [-0.1, -0.05) is 39.3 Å². The molecule has 172 valence electrons. The topological polar surface area (TPSA) is 89.8 Å². The number of aromatic nitrogens is 1. The molecule has 1 aromatic heterocycles. The standard InChI is InChI=1S/C24H18BrN3O4S2/c1-3-13-28-21-12-7-17(25)15-22(21)33-24(28)26-23(29)16-5-4-6-18(14-16)27-34(30,31)20-10-8-19(32-2)9-11-20/h1,4-12,14-15,27H,13H2,2H3. The van der Waals surface area contributed by atoms with Crippen molar-refractivity contribution in [3.63, 3.8) is 0 Å². The van der Waals surface area contributed by atoms with Crippen LogP contribution in [0.3, 0.4) is 0 Å². The molecule has 0 spiro atoms. The minimum absolute atomic E-state index is 0.0708. The molecular formula is C24H18BrN3O4S2. The number of ether oxygens (including phenoxy) is 1. The number of carbonyl (C=O) groups excluding carboxylic acids is 1. The molecule has 4 aromatic rings. The van der Waals surface area contributed by atoms with Crippen molar-refractivity contribution in [2.75, 3.05) is 11.8 Å². The number of fused-ring (bicyclic) bond motifs is 1. The summed E-state index contributed by atoms with van der Waals surface area (Å²) in [6, 6.07) is 17.9. The molecule has 1 N–H and O–H groups in total. The number of nitrogens with one attached hydrogen (secondary N) is 1. The van der Waals surface area contributed by atoms with E-state index in [-0.39, 0.29) is 22.7 Å². The highest BCUT2D eigenvalue weighted by atomic mass is 79.9. The second-order valence-electron chi connectivity index (χ2n) is 7.07. The first kappa shape index (κ1) is 23.8. The Bertz CT molecular complexity index is 1600. The molecule has 3 aromatic carbocycles. The predicted octanol–water partition coefficient (Wildman–Crippen LogP) is 4.65. The molecule has 0 unspecified atom stereocenters. The summed E-state index contributed by atoms with van der Waals surface area (Å²) in [6.07, 6.45) is 5.52. The fourth-order valence-corrected chi connectivity index (χ4v) is 5.84. The summed E-state index contributed by atoms with van der Waals surface area (Å²) in [7, 11) is -2.35. The molecule has 0 saturated carbocycles. The number of benzene rings is 3. The van der Waals surface area contributed by atoms with E-state index in [2.05, 4.69) is 31.6 Å². The van der Waals surface area contributed by atoms with Crippen molar-refractivity contribution in [3.05, 3.63) is 81.6 Å². The minimum Gasteiger partial charge on any atom is -0.497 e. The predicted molar refractivity (Wildman–Crippen MR) is 136 cm³/mol. The van der Waals surface area contributed by atoms with E-state index in [0.29, 0.717) is 10.6 Å². The van der Waals surface area contributed by atoms with Crippen molar-refractivity contribution in [1.29, 1.82) is 0 Å². The van der Waals surface area contributed by atoms with E-state index >= 15 is 0 Å². The molecule has 0 bridgehead atoms. The van der Waals surface area contributed by atoms with Gasteiger partial charge in [0.2, 0.25) is 0 Å². The molecule has 10 heteroatoms. The quantitative estimate of drug-likeness (QED) is 0.350. The Kier molecular flexibility index (Phi) is 6.88. The third-order valence-corrected chi connectivity index (χ3v) is 7.75. The Morgan fingerprint density at radius 3 is 2.65 bits per heavy atom. The second-order valence-corrected chi connectivity index (χ2v) is 10.7. The van der Waals surface area contributed by atoms with Crippen LogP contribution in [-0.4, -0.2) is 26.0 Å². The molecule has 0 aliphatic rings. The van der Waals surface area contributed by atoms with E-state index in [9.17, 15) is 13.2 Å². The van der Waals surface area contributed by atoms with Crippen molar-refractivity contribution in [2.24, 2.45) is 4.99 Å². The first-order chi connectivity index (χ1) is 16.3. The number of anilines is 1. The van der Waals surface area contributed by atoms with E-state index < -0.39 is 15.9 Å². The first-order valence-electron chi connectivity index (χ1n) is 9.89. The Morgan fingerprint density at radius 1 is 1.18 bits per heavy atom. The largest absolute Gasteiger partial charge is 0.497 e. The van der Waals surface area contributed by atoms with Crippen LogP contribution in [0.15, 0.2) is 81.1 Å². The molecule has 7 nitrogen and oxygen atoms in total. The van der Waals surface area contributed by atoms with Gasteiger partial charge in [-0.05, 0) is 60.7 Å². The van der Waals surface area contributed by atoms with Crippen LogP contribution in [0.5, 0.6) is 5.75 Å². The number of hydrogen-bond acceptors (Lipinski definition) is 5. The lowest BCUT2D eigenvalue weighted by molar-refractivity contribution is 0.0998. The third kappa shape index (κ3) is 5.07. The average molecular weight is 556 g/mol. The van der Waals surface area contributed by atoms with Gasteiger partial charge in [0.15, 0.2) is 4.80 Å². The second kappa shape index (κ2) is 9.85.